The third kappa shape index (κ3) is 4.79. The van der Waals surface area contributed by atoms with Gasteiger partial charge in [-0.05, 0) is 63.9 Å². The molecule has 0 atom stereocenters. The number of hydrogen-bond acceptors (Lipinski definition) is 3. The van der Waals surface area contributed by atoms with Gasteiger partial charge in [0, 0.05) is 0 Å². The molecule has 22 heavy (non-hydrogen) atoms. The summed E-state index contributed by atoms with van der Waals surface area (Å²) < 4.78 is 1.33. The molecule has 0 bridgehead atoms. The molecule has 0 spiro atoms. The number of nitrogens with zero attached hydrogens (tertiary/aromatic N) is 2. The maximum atomic E-state index is 4.72. The number of piperidine rings is 1. The third-order valence-corrected chi connectivity index (χ3v) is 5.75. The smallest absolute Gasteiger partial charge is 0.0938 e. The van der Waals surface area contributed by atoms with E-state index in [1.807, 2.05) is 11.3 Å². The zero-order valence-electron chi connectivity index (χ0n) is 13.6. The molecule has 1 fully saturated rings. The van der Waals surface area contributed by atoms with E-state index in [-0.39, 0.29) is 0 Å². The average molecular weight is 317 g/mol. The molecule has 2 heterocycles. The summed E-state index contributed by atoms with van der Waals surface area (Å²) in [5.74, 6) is 0. The Labute approximate surface area is 138 Å². The molecule has 0 saturated carbocycles. The Morgan fingerprint density at radius 1 is 0.909 bits per heavy atom. The van der Waals surface area contributed by atoms with E-state index in [0.29, 0.717) is 0 Å². The monoisotopic (exact) mass is 316 g/mol. The number of fused-ring (bicyclic) bond motifs is 1. The first-order valence-corrected chi connectivity index (χ1v) is 9.80. The van der Waals surface area contributed by atoms with Crippen molar-refractivity contribution >= 4 is 21.6 Å². The molecule has 2 nitrogen and oxygen atoms in total. The van der Waals surface area contributed by atoms with Crippen molar-refractivity contribution in [1.82, 2.24) is 9.88 Å². The highest BCUT2D eigenvalue weighted by Gasteiger charge is 2.08. The van der Waals surface area contributed by atoms with Gasteiger partial charge < -0.3 is 4.90 Å². The fourth-order valence-corrected chi connectivity index (χ4v) is 4.36. The maximum Gasteiger partial charge on any atom is 0.0938 e. The molecule has 2 aromatic rings. The second-order valence-corrected chi connectivity index (χ2v) is 7.61. The van der Waals surface area contributed by atoms with Gasteiger partial charge in [-0.3, -0.25) is 0 Å². The fourth-order valence-electron chi connectivity index (χ4n) is 3.35. The number of thiazole rings is 1. The first-order chi connectivity index (χ1) is 10.9. The van der Waals surface area contributed by atoms with E-state index in [4.69, 9.17) is 4.98 Å². The summed E-state index contributed by atoms with van der Waals surface area (Å²) >= 11 is 1.87. The molecule has 120 valence electrons. The number of likely N-dealkylation sites (tertiary alicyclic amines) is 1. The highest BCUT2D eigenvalue weighted by molar-refractivity contribution is 7.18. The number of para-hydroxylation sites is 1. The van der Waals surface area contributed by atoms with E-state index < -0.39 is 0 Å². The molecule has 1 aliphatic rings. The summed E-state index contributed by atoms with van der Waals surface area (Å²) in [5.41, 5.74) is 1.17. The van der Waals surface area contributed by atoms with E-state index in [9.17, 15) is 0 Å². The molecule has 3 heteroatoms. The van der Waals surface area contributed by atoms with Crippen molar-refractivity contribution in [3.05, 3.63) is 29.3 Å². The van der Waals surface area contributed by atoms with E-state index >= 15 is 0 Å². The van der Waals surface area contributed by atoms with Gasteiger partial charge in [0.1, 0.15) is 0 Å². The van der Waals surface area contributed by atoms with Gasteiger partial charge in [0.15, 0.2) is 0 Å². The summed E-state index contributed by atoms with van der Waals surface area (Å²) in [6.07, 6.45) is 12.3. The minimum absolute atomic E-state index is 1.16. The Hall–Kier alpha value is -0.930. The summed E-state index contributed by atoms with van der Waals surface area (Å²) in [7, 11) is 0. The van der Waals surface area contributed by atoms with Crippen molar-refractivity contribution in [1.29, 1.82) is 0 Å². The van der Waals surface area contributed by atoms with Crippen molar-refractivity contribution in [3.63, 3.8) is 0 Å². The topological polar surface area (TPSA) is 16.1 Å². The molecular weight excluding hydrogens is 288 g/mol. The molecule has 0 radical (unpaired) electrons. The van der Waals surface area contributed by atoms with Crippen LogP contribution < -0.4 is 0 Å². The molecule has 1 saturated heterocycles. The van der Waals surface area contributed by atoms with Gasteiger partial charge >= 0.3 is 0 Å². The SMILES string of the molecule is c1ccc2sc(CCCCCCCN3CCCCC3)nc2c1. The van der Waals surface area contributed by atoms with Crippen LogP contribution in [0.3, 0.4) is 0 Å². The largest absolute Gasteiger partial charge is 0.303 e. The highest BCUT2D eigenvalue weighted by atomic mass is 32.1. The highest BCUT2D eigenvalue weighted by Crippen LogP contribution is 2.23. The van der Waals surface area contributed by atoms with Gasteiger partial charge in [0.25, 0.3) is 0 Å². The van der Waals surface area contributed by atoms with Crippen LogP contribution in [-0.2, 0) is 6.42 Å². The van der Waals surface area contributed by atoms with Crippen molar-refractivity contribution < 1.29 is 0 Å². The van der Waals surface area contributed by atoms with Crippen LogP contribution in [0.5, 0.6) is 0 Å². The van der Waals surface area contributed by atoms with E-state index in [1.54, 1.807) is 0 Å². The first kappa shape index (κ1) is 15.9. The van der Waals surface area contributed by atoms with Crippen LogP contribution in [-0.4, -0.2) is 29.5 Å². The Bertz CT molecular complexity index is 524. The van der Waals surface area contributed by atoms with E-state index in [2.05, 4.69) is 29.2 Å². The quantitative estimate of drug-likeness (QED) is 0.616. The van der Waals surface area contributed by atoms with Crippen LogP contribution in [0.2, 0.25) is 0 Å². The Kier molecular flexibility index (Phi) is 6.26. The Morgan fingerprint density at radius 3 is 2.55 bits per heavy atom. The second-order valence-electron chi connectivity index (χ2n) is 6.50. The lowest BCUT2D eigenvalue weighted by Gasteiger charge is -2.26. The number of aryl methyl sites for hydroxylation is 1. The molecule has 0 aliphatic carbocycles. The molecule has 1 aromatic heterocycles. The summed E-state index contributed by atoms with van der Waals surface area (Å²) in [6.45, 7) is 4.02. The molecule has 0 unspecified atom stereocenters. The molecule has 3 rings (SSSR count). The predicted molar refractivity (Wildman–Crippen MR) is 96.7 cm³/mol. The molecule has 1 aromatic carbocycles. The van der Waals surface area contributed by atoms with Crippen LogP contribution in [0.25, 0.3) is 10.2 Å². The van der Waals surface area contributed by atoms with Gasteiger partial charge in [-0.25, -0.2) is 4.98 Å². The first-order valence-electron chi connectivity index (χ1n) is 8.99. The van der Waals surface area contributed by atoms with Crippen molar-refractivity contribution in [2.24, 2.45) is 0 Å². The van der Waals surface area contributed by atoms with Crippen LogP contribution >= 0.6 is 11.3 Å². The minimum atomic E-state index is 1.16. The van der Waals surface area contributed by atoms with Gasteiger partial charge in [0.05, 0.1) is 15.2 Å². The molecular formula is C19H28N2S. The lowest BCUT2D eigenvalue weighted by atomic mass is 10.1. The number of rotatable bonds is 8. The van der Waals surface area contributed by atoms with Crippen LogP contribution in [0, 0.1) is 0 Å². The number of hydrogen-bond donors (Lipinski definition) is 0. The zero-order chi connectivity index (χ0) is 15.0. The predicted octanol–water partition coefficient (Wildman–Crippen LogP) is 5.28. The lowest BCUT2D eigenvalue weighted by molar-refractivity contribution is 0.224. The standard InChI is InChI=1S/C19H28N2S/c1(3-8-14-21-15-9-4-10-16-21)2-5-13-19-20-17-11-6-7-12-18(17)22-19/h6-7,11-12H,1-5,8-10,13-16H2. The minimum Gasteiger partial charge on any atom is -0.303 e. The number of unbranched alkanes of at least 4 members (excludes halogenated alkanes) is 4. The number of aromatic nitrogens is 1. The normalized spacial score (nSPS) is 16.4. The van der Waals surface area contributed by atoms with Gasteiger partial charge in [-0.2, -0.15) is 0 Å². The Morgan fingerprint density at radius 2 is 1.68 bits per heavy atom. The van der Waals surface area contributed by atoms with Gasteiger partial charge in [0.2, 0.25) is 0 Å². The van der Waals surface area contributed by atoms with Crippen molar-refractivity contribution in [2.75, 3.05) is 19.6 Å². The summed E-state index contributed by atoms with van der Waals surface area (Å²) in [6, 6.07) is 8.48. The summed E-state index contributed by atoms with van der Waals surface area (Å²) in [4.78, 5) is 7.38. The van der Waals surface area contributed by atoms with Crippen LogP contribution in [0.4, 0.5) is 0 Å². The summed E-state index contributed by atoms with van der Waals surface area (Å²) in [5, 5.41) is 1.31. The lowest BCUT2D eigenvalue weighted by Crippen LogP contribution is -2.30. The van der Waals surface area contributed by atoms with Crippen molar-refractivity contribution in [2.45, 2.75) is 57.8 Å². The van der Waals surface area contributed by atoms with Gasteiger partial charge in [-0.15, -0.1) is 11.3 Å². The molecule has 0 amide bonds. The second kappa shape index (κ2) is 8.64. The Balaban J connectivity index is 1.26. The fraction of sp³-hybridized carbons (Fsp3) is 0.632. The van der Waals surface area contributed by atoms with Gasteiger partial charge in [-0.1, -0.05) is 37.8 Å². The molecule has 0 N–H and O–H groups in total. The number of benzene rings is 1. The van der Waals surface area contributed by atoms with Crippen LogP contribution in [0.1, 0.15) is 56.4 Å². The average Bonchev–Trinajstić information content (AvgIpc) is 2.97. The third-order valence-electron chi connectivity index (χ3n) is 4.65. The molecule has 1 aliphatic heterocycles. The van der Waals surface area contributed by atoms with Crippen LogP contribution in [0.15, 0.2) is 24.3 Å². The van der Waals surface area contributed by atoms with E-state index in [1.165, 1.54) is 86.2 Å². The van der Waals surface area contributed by atoms with Crippen molar-refractivity contribution in [3.8, 4) is 0 Å². The van der Waals surface area contributed by atoms with E-state index in [0.717, 1.165) is 6.42 Å². The zero-order valence-corrected chi connectivity index (χ0v) is 14.4. The maximum absolute atomic E-state index is 4.72.